The Labute approximate surface area is 322 Å². The van der Waals surface area contributed by atoms with Crippen molar-refractivity contribution >= 4 is 43.1 Å². The summed E-state index contributed by atoms with van der Waals surface area (Å²) in [6.45, 7) is 4.77. The lowest BCUT2D eigenvalue weighted by Crippen LogP contribution is -2.15. The monoisotopic (exact) mass is 698 g/mol. The summed E-state index contributed by atoms with van der Waals surface area (Å²) in [7, 11) is 0. The molecule has 0 bridgehead atoms. The van der Waals surface area contributed by atoms with E-state index in [0.717, 1.165) is 0 Å². The second-order valence-electron chi connectivity index (χ2n) is 15.6. The molecule has 0 radical (unpaired) electrons. The summed E-state index contributed by atoms with van der Waals surface area (Å²) in [5.74, 6) is 0. The van der Waals surface area contributed by atoms with Crippen molar-refractivity contribution in [3.8, 4) is 55.6 Å². The summed E-state index contributed by atoms with van der Waals surface area (Å²) >= 11 is 0. The first-order valence-corrected chi connectivity index (χ1v) is 19.3. The molecule has 0 heteroatoms. The van der Waals surface area contributed by atoms with Gasteiger partial charge in [-0.3, -0.25) is 0 Å². The van der Waals surface area contributed by atoms with E-state index in [1.54, 1.807) is 0 Å². The van der Waals surface area contributed by atoms with Crippen LogP contribution in [0, 0.1) is 0 Å². The molecule has 0 N–H and O–H groups in total. The van der Waals surface area contributed by atoms with Gasteiger partial charge in [0.1, 0.15) is 0 Å². The third-order valence-corrected chi connectivity index (χ3v) is 12.2. The maximum Gasteiger partial charge on any atom is 0.0165 e. The van der Waals surface area contributed by atoms with Crippen molar-refractivity contribution in [1.82, 2.24) is 0 Å². The number of rotatable bonds is 4. The van der Waals surface area contributed by atoms with Crippen LogP contribution in [0.5, 0.6) is 0 Å². The minimum atomic E-state index is -0.0873. The maximum absolute atomic E-state index is 2.39. The number of fused-ring (bicyclic) bond motifs is 8. The van der Waals surface area contributed by atoms with Gasteiger partial charge in [-0.2, -0.15) is 0 Å². The average Bonchev–Trinajstić information content (AvgIpc) is 3.49. The molecule has 11 rings (SSSR count). The van der Waals surface area contributed by atoms with Crippen LogP contribution in [-0.4, -0.2) is 0 Å². The SMILES string of the molecule is CC1(C)c2cccc(-c3ccc(-c4c5ccccc5c(-c5cccc(-c6ccc7ccccc7c6)c5)c5ccccc45)cc3)c2-c2ccc3ccccc3c21. The highest BCUT2D eigenvalue weighted by molar-refractivity contribution is 6.21. The molecule has 258 valence electrons. The van der Waals surface area contributed by atoms with Gasteiger partial charge in [-0.25, -0.2) is 0 Å². The zero-order valence-electron chi connectivity index (χ0n) is 31.0. The van der Waals surface area contributed by atoms with E-state index in [0.29, 0.717) is 0 Å². The molecule has 55 heavy (non-hydrogen) atoms. The number of benzene rings is 10. The van der Waals surface area contributed by atoms with E-state index in [2.05, 4.69) is 208 Å². The zero-order valence-corrected chi connectivity index (χ0v) is 31.0. The minimum absolute atomic E-state index is 0.0873. The van der Waals surface area contributed by atoms with Crippen molar-refractivity contribution in [2.45, 2.75) is 19.3 Å². The molecule has 10 aromatic rings. The fraction of sp³-hybridized carbons (Fsp3) is 0.0545. The molecule has 0 fully saturated rings. The quantitative estimate of drug-likeness (QED) is 0.161. The highest BCUT2D eigenvalue weighted by Crippen LogP contribution is 2.54. The molecular weight excluding hydrogens is 661 g/mol. The van der Waals surface area contributed by atoms with E-state index in [4.69, 9.17) is 0 Å². The van der Waals surface area contributed by atoms with Crippen LogP contribution < -0.4 is 0 Å². The summed E-state index contributed by atoms with van der Waals surface area (Å²) in [5, 5.41) is 10.2. The highest BCUT2D eigenvalue weighted by atomic mass is 14.4. The van der Waals surface area contributed by atoms with Crippen LogP contribution >= 0.6 is 0 Å². The van der Waals surface area contributed by atoms with Crippen LogP contribution in [0.3, 0.4) is 0 Å². The Morgan fingerprint density at radius 1 is 0.291 bits per heavy atom. The second-order valence-corrected chi connectivity index (χ2v) is 15.6. The van der Waals surface area contributed by atoms with Gasteiger partial charge in [-0.05, 0) is 122 Å². The van der Waals surface area contributed by atoms with Crippen LogP contribution in [0.2, 0.25) is 0 Å². The van der Waals surface area contributed by atoms with Gasteiger partial charge in [0, 0.05) is 5.41 Å². The zero-order chi connectivity index (χ0) is 36.7. The summed E-state index contributed by atoms with van der Waals surface area (Å²) in [4.78, 5) is 0. The lowest BCUT2D eigenvalue weighted by molar-refractivity contribution is 0.666. The molecule has 0 aromatic heterocycles. The predicted molar refractivity (Wildman–Crippen MR) is 236 cm³/mol. The van der Waals surface area contributed by atoms with Gasteiger partial charge in [0.15, 0.2) is 0 Å². The molecule has 1 aliphatic rings. The Morgan fingerprint density at radius 2 is 0.800 bits per heavy atom. The summed E-state index contributed by atoms with van der Waals surface area (Å²) in [6.07, 6.45) is 0. The molecule has 10 aromatic carbocycles. The molecule has 0 amide bonds. The van der Waals surface area contributed by atoms with Crippen molar-refractivity contribution in [1.29, 1.82) is 0 Å². The summed E-state index contributed by atoms with van der Waals surface area (Å²) in [5.41, 5.74) is 15.5. The van der Waals surface area contributed by atoms with Crippen molar-refractivity contribution < 1.29 is 0 Å². The first kappa shape index (κ1) is 31.7. The highest BCUT2D eigenvalue weighted by Gasteiger charge is 2.38. The molecule has 0 heterocycles. The Balaban J connectivity index is 1.06. The van der Waals surface area contributed by atoms with Crippen LogP contribution in [0.4, 0.5) is 0 Å². The van der Waals surface area contributed by atoms with Crippen molar-refractivity contribution in [3.05, 3.63) is 205 Å². The molecule has 0 saturated carbocycles. The normalized spacial score (nSPS) is 13.1. The molecule has 1 aliphatic carbocycles. The standard InChI is InChI=1S/C55H38/c1-55(2)50-24-12-23-43(53(50)49-32-31-36-14-5-6-18-44(36)54(49)55)37-26-28-38(29-27-37)51-45-19-7-9-21-47(45)52(48-22-10-8-20-46(48)51)42-17-11-16-40(34-42)41-30-25-35-13-3-4-15-39(35)33-41/h3-34H,1-2H3. The van der Waals surface area contributed by atoms with Crippen molar-refractivity contribution in [3.63, 3.8) is 0 Å². The minimum Gasteiger partial charge on any atom is -0.0616 e. The van der Waals surface area contributed by atoms with Gasteiger partial charge in [0.05, 0.1) is 0 Å². The Bertz CT molecular complexity index is 3100. The smallest absolute Gasteiger partial charge is 0.0165 e. The Kier molecular flexibility index (Phi) is 7.00. The summed E-state index contributed by atoms with van der Waals surface area (Å²) < 4.78 is 0. The molecule has 0 aliphatic heterocycles. The van der Waals surface area contributed by atoms with Crippen LogP contribution in [0.25, 0.3) is 98.7 Å². The predicted octanol–water partition coefficient (Wildman–Crippen LogP) is 15.3. The van der Waals surface area contributed by atoms with Gasteiger partial charge in [0.2, 0.25) is 0 Å². The number of hydrogen-bond acceptors (Lipinski definition) is 0. The fourth-order valence-corrected chi connectivity index (χ4v) is 9.68. The van der Waals surface area contributed by atoms with E-state index >= 15 is 0 Å². The van der Waals surface area contributed by atoms with Crippen LogP contribution in [-0.2, 0) is 5.41 Å². The van der Waals surface area contributed by atoms with Gasteiger partial charge < -0.3 is 0 Å². The second kappa shape index (κ2) is 12.1. The van der Waals surface area contributed by atoms with Gasteiger partial charge in [-0.1, -0.05) is 196 Å². The first-order chi connectivity index (χ1) is 27.0. The lowest BCUT2D eigenvalue weighted by Gasteiger charge is -2.23. The Morgan fingerprint density at radius 3 is 1.51 bits per heavy atom. The van der Waals surface area contributed by atoms with Crippen LogP contribution in [0.15, 0.2) is 194 Å². The average molecular weight is 699 g/mol. The van der Waals surface area contributed by atoms with Crippen LogP contribution in [0.1, 0.15) is 25.0 Å². The summed E-state index contributed by atoms with van der Waals surface area (Å²) in [6, 6.07) is 72.1. The molecule has 0 nitrogen and oxygen atoms in total. The van der Waals surface area contributed by atoms with Crippen molar-refractivity contribution in [2.24, 2.45) is 0 Å². The molecule has 0 unspecified atom stereocenters. The molecule has 0 spiro atoms. The van der Waals surface area contributed by atoms with Crippen molar-refractivity contribution in [2.75, 3.05) is 0 Å². The molecular formula is C55H38. The topological polar surface area (TPSA) is 0 Å². The molecule has 0 saturated heterocycles. The Hall–Kier alpha value is -6.76. The largest absolute Gasteiger partial charge is 0.0616 e. The van der Waals surface area contributed by atoms with Gasteiger partial charge in [0.25, 0.3) is 0 Å². The fourth-order valence-electron chi connectivity index (χ4n) is 9.68. The maximum atomic E-state index is 2.39. The van der Waals surface area contributed by atoms with E-state index in [1.807, 2.05) is 0 Å². The number of hydrogen-bond donors (Lipinski definition) is 0. The van der Waals surface area contributed by atoms with E-state index < -0.39 is 0 Å². The third kappa shape index (κ3) is 4.85. The van der Waals surface area contributed by atoms with E-state index in [9.17, 15) is 0 Å². The van der Waals surface area contributed by atoms with E-state index in [1.165, 1.54) is 110 Å². The van der Waals surface area contributed by atoms with Gasteiger partial charge >= 0.3 is 0 Å². The first-order valence-electron chi connectivity index (χ1n) is 19.3. The third-order valence-electron chi connectivity index (χ3n) is 12.2. The molecule has 0 atom stereocenters. The van der Waals surface area contributed by atoms with E-state index in [-0.39, 0.29) is 5.41 Å². The van der Waals surface area contributed by atoms with Gasteiger partial charge in [-0.15, -0.1) is 0 Å². The lowest BCUT2D eigenvalue weighted by atomic mass is 9.80.